The standard InChI is InChI=1S/C14H24N.CN/c1-3-5-6-7-11-15-12-9-14(8-4-2)10-13-15;1-2/h9-10,12-13H,3-8,11H2,1-2H3;/q+1;-1. The highest BCUT2D eigenvalue weighted by atomic mass is 14.9. The lowest BCUT2D eigenvalue weighted by molar-refractivity contribution is -0.697. The molecule has 0 aromatic carbocycles. The largest absolute Gasteiger partial charge is 0.512 e. The molecule has 2 heteroatoms. The predicted octanol–water partition coefficient (Wildman–Crippen LogP) is 3.60. The maximum Gasteiger partial charge on any atom is 0.169 e. The molecule has 0 aliphatic carbocycles. The minimum Gasteiger partial charge on any atom is -0.512 e. The van der Waals surface area contributed by atoms with Gasteiger partial charge in [0.05, 0.1) is 0 Å². The second-order valence-electron chi connectivity index (χ2n) is 4.25. The van der Waals surface area contributed by atoms with Crippen LogP contribution in [0.3, 0.4) is 0 Å². The fourth-order valence-corrected chi connectivity index (χ4v) is 1.81. The lowest BCUT2D eigenvalue weighted by Gasteiger charge is -1.99. The van der Waals surface area contributed by atoms with Crippen LogP contribution in [0.5, 0.6) is 0 Å². The van der Waals surface area contributed by atoms with Gasteiger partial charge in [0.2, 0.25) is 0 Å². The summed E-state index contributed by atoms with van der Waals surface area (Å²) < 4.78 is 2.30. The maximum absolute atomic E-state index is 6.25. The van der Waals surface area contributed by atoms with Crippen LogP contribution in [0.2, 0.25) is 0 Å². The zero-order chi connectivity index (χ0) is 12.9. The van der Waals surface area contributed by atoms with E-state index in [-0.39, 0.29) is 0 Å². The van der Waals surface area contributed by atoms with Gasteiger partial charge < -0.3 is 11.8 Å². The molecule has 1 aromatic rings. The topological polar surface area (TPSA) is 27.7 Å². The average molecular weight is 232 g/mol. The van der Waals surface area contributed by atoms with E-state index in [1.54, 1.807) is 0 Å². The van der Waals surface area contributed by atoms with Gasteiger partial charge in [-0.25, -0.2) is 4.57 Å². The summed E-state index contributed by atoms with van der Waals surface area (Å²) >= 11 is 0. The molecule has 0 atom stereocenters. The summed E-state index contributed by atoms with van der Waals surface area (Å²) in [6.45, 7) is 10.4. The Morgan fingerprint density at radius 2 is 1.65 bits per heavy atom. The van der Waals surface area contributed by atoms with Crippen LogP contribution >= 0.6 is 0 Å². The third kappa shape index (κ3) is 7.52. The molecular formula is C15H24N2. The monoisotopic (exact) mass is 232 g/mol. The van der Waals surface area contributed by atoms with Crippen LogP contribution in [0.4, 0.5) is 0 Å². The Balaban J connectivity index is 0.00000121. The molecule has 0 aliphatic rings. The Morgan fingerprint density at radius 3 is 2.18 bits per heavy atom. The number of hydrogen-bond acceptors (Lipinski definition) is 1. The molecule has 0 spiro atoms. The molecule has 0 amide bonds. The third-order valence-electron chi connectivity index (χ3n) is 2.77. The molecule has 0 fully saturated rings. The van der Waals surface area contributed by atoms with E-state index in [0.29, 0.717) is 0 Å². The van der Waals surface area contributed by atoms with Crippen LogP contribution in [-0.2, 0) is 13.0 Å². The smallest absolute Gasteiger partial charge is 0.169 e. The molecule has 1 rings (SSSR count). The van der Waals surface area contributed by atoms with Crippen molar-refractivity contribution >= 4 is 0 Å². The predicted molar refractivity (Wildman–Crippen MR) is 69.7 cm³/mol. The van der Waals surface area contributed by atoms with E-state index in [1.807, 2.05) is 0 Å². The average Bonchev–Trinajstić information content (AvgIpc) is 2.39. The van der Waals surface area contributed by atoms with E-state index in [0.717, 1.165) is 0 Å². The molecule has 0 N–H and O–H groups in total. The molecule has 2 nitrogen and oxygen atoms in total. The summed E-state index contributed by atoms with van der Waals surface area (Å²) in [6, 6.07) is 4.51. The molecule has 0 unspecified atom stereocenters. The van der Waals surface area contributed by atoms with Crippen molar-refractivity contribution in [2.75, 3.05) is 0 Å². The maximum atomic E-state index is 6.25. The summed E-state index contributed by atoms with van der Waals surface area (Å²) in [6.07, 6.45) is 12.2. The molecule has 0 radical (unpaired) electrons. The van der Waals surface area contributed by atoms with Gasteiger partial charge in [-0.1, -0.05) is 33.1 Å². The summed E-state index contributed by atoms with van der Waals surface area (Å²) in [5, 5.41) is 6.25. The van der Waals surface area contributed by atoms with Crippen molar-refractivity contribution in [3.05, 3.63) is 36.7 Å². The SMILES string of the molecule is CCCCCC[n+]1ccc(CCC)cc1.[C-]#N. The van der Waals surface area contributed by atoms with Crippen LogP contribution in [0.15, 0.2) is 24.5 Å². The Kier molecular flexibility index (Phi) is 10.2. The van der Waals surface area contributed by atoms with Crippen LogP contribution in [0.1, 0.15) is 51.5 Å². The summed E-state index contributed by atoms with van der Waals surface area (Å²) in [7, 11) is 0. The zero-order valence-corrected chi connectivity index (χ0v) is 11.2. The Bertz CT molecular complexity index is 288. The van der Waals surface area contributed by atoms with Crippen LogP contribution in [0, 0.1) is 11.8 Å². The molecule has 1 heterocycles. The van der Waals surface area contributed by atoms with E-state index < -0.39 is 0 Å². The van der Waals surface area contributed by atoms with Gasteiger partial charge in [-0.3, -0.25) is 0 Å². The number of aryl methyl sites for hydroxylation is 2. The number of nitrogens with zero attached hydrogens (tertiary/aromatic N) is 2. The van der Waals surface area contributed by atoms with Gasteiger partial charge in [0, 0.05) is 18.6 Å². The van der Waals surface area contributed by atoms with Gasteiger partial charge in [-0.05, 0) is 18.4 Å². The summed E-state index contributed by atoms with van der Waals surface area (Å²) in [5.74, 6) is 0. The van der Waals surface area contributed by atoms with Gasteiger partial charge in [0.1, 0.15) is 6.54 Å². The molecule has 17 heavy (non-hydrogen) atoms. The highest BCUT2D eigenvalue weighted by molar-refractivity contribution is 5.06. The van der Waals surface area contributed by atoms with E-state index in [4.69, 9.17) is 11.8 Å². The first-order valence-electron chi connectivity index (χ1n) is 6.57. The first-order chi connectivity index (χ1) is 8.36. The molecule has 1 aromatic heterocycles. The first-order valence-corrected chi connectivity index (χ1v) is 6.57. The Labute approximate surface area is 106 Å². The van der Waals surface area contributed by atoms with E-state index in [2.05, 4.69) is 42.9 Å². The molecule has 0 bridgehead atoms. The summed E-state index contributed by atoms with van der Waals surface area (Å²) in [5.41, 5.74) is 1.46. The molecule has 0 saturated heterocycles. The van der Waals surface area contributed by atoms with Crippen LogP contribution in [-0.4, -0.2) is 0 Å². The first kappa shape index (κ1) is 15.6. The van der Waals surface area contributed by atoms with Crippen molar-refractivity contribution in [3.8, 4) is 0 Å². The van der Waals surface area contributed by atoms with Gasteiger partial charge >= 0.3 is 0 Å². The van der Waals surface area contributed by atoms with Gasteiger partial charge in [0.15, 0.2) is 12.4 Å². The molecular weight excluding hydrogens is 208 g/mol. The number of rotatable bonds is 7. The number of pyridine rings is 1. The quantitative estimate of drug-likeness (QED) is 0.401. The van der Waals surface area contributed by atoms with Gasteiger partial charge in [-0.15, -0.1) is 0 Å². The number of hydrogen-bond donors (Lipinski definition) is 0. The number of aromatic nitrogens is 1. The minimum atomic E-state index is 1.17. The van der Waals surface area contributed by atoms with Crippen molar-refractivity contribution in [2.45, 2.75) is 58.9 Å². The molecule has 94 valence electrons. The minimum absolute atomic E-state index is 1.17. The van der Waals surface area contributed by atoms with Crippen molar-refractivity contribution in [1.29, 1.82) is 5.26 Å². The summed E-state index contributed by atoms with van der Waals surface area (Å²) in [4.78, 5) is 0. The van der Waals surface area contributed by atoms with E-state index in [1.165, 1.54) is 50.6 Å². The third-order valence-corrected chi connectivity index (χ3v) is 2.77. The van der Waals surface area contributed by atoms with Crippen LogP contribution in [0.25, 0.3) is 0 Å². The second kappa shape index (κ2) is 11.1. The highest BCUT2D eigenvalue weighted by Crippen LogP contribution is 2.01. The normalized spacial score (nSPS) is 9.41. The lowest BCUT2D eigenvalue weighted by atomic mass is 10.1. The van der Waals surface area contributed by atoms with Crippen molar-refractivity contribution in [3.63, 3.8) is 0 Å². The van der Waals surface area contributed by atoms with Gasteiger partial charge in [0.25, 0.3) is 0 Å². The fourth-order valence-electron chi connectivity index (χ4n) is 1.81. The Morgan fingerprint density at radius 1 is 1.00 bits per heavy atom. The lowest BCUT2D eigenvalue weighted by Crippen LogP contribution is -2.32. The van der Waals surface area contributed by atoms with Gasteiger partial charge in [-0.2, -0.15) is 0 Å². The number of unbranched alkanes of at least 4 members (excludes halogenated alkanes) is 3. The highest BCUT2D eigenvalue weighted by Gasteiger charge is 1.99. The van der Waals surface area contributed by atoms with Crippen molar-refractivity contribution in [1.82, 2.24) is 0 Å². The Hall–Kier alpha value is -1.36. The second-order valence-corrected chi connectivity index (χ2v) is 4.25. The molecule has 0 aliphatic heterocycles. The van der Waals surface area contributed by atoms with Crippen molar-refractivity contribution < 1.29 is 4.57 Å². The zero-order valence-electron chi connectivity index (χ0n) is 11.2. The van der Waals surface area contributed by atoms with Crippen LogP contribution < -0.4 is 4.57 Å². The van der Waals surface area contributed by atoms with E-state index >= 15 is 0 Å². The van der Waals surface area contributed by atoms with E-state index in [9.17, 15) is 0 Å². The van der Waals surface area contributed by atoms with Crippen molar-refractivity contribution in [2.24, 2.45) is 0 Å². The molecule has 0 saturated carbocycles. The fraction of sp³-hybridized carbons (Fsp3) is 0.600.